The molecule has 1 aliphatic carbocycles. The van der Waals surface area contributed by atoms with Gasteiger partial charge in [-0.1, -0.05) is 62.9 Å². The van der Waals surface area contributed by atoms with Crippen molar-refractivity contribution >= 4 is 24.5 Å². The topological polar surface area (TPSA) is 3.24 Å². The molecule has 0 aromatic rings. The van der Waals surface area contributed by atoms with Gasteiger partial charge in [0.1, 0.15) is 7.28 Å². The van der Waals surface area contributed by atoms with E-state index in [1.54, 1.807) is 0 Å². The Labute approximate surface area is 131 Å². The van der Waals surface area contributed by atoms with Crippen LogP contribution in [0.2, 0.25) is 11.1 Å². The van der Waals surface area contributed by atoms with Crippen LogP contribution >= 0.6 is 12.2 Å². The predicted molar refractivity (Wildman–Crippen MR) is 91.6 cm³/mol. The molecule has 3 saturated heterocycles. The third-order valence-electron chi connectivity index (χ3n) is 6.29. The number of hydrogen-bond acceptors (Lipinski definition) is 1. The van der Waals surface area contributed by atoms with Gasteiger partial charge in [0, 0.05) is 18.5 Å². The average molecular weight is 290 g/mol. The lowest BCUT2D eigenvalue weighted by molar-refractivity contribution is 0.218. The third kappa shape index (κ3) is 2.34. The second kappa shape index (κ2) is 5.30. The van der Waals surface area contributed by atoms with E-state index in [2.05, 4.69) is 39.9 Å². The molecule has 3 heterocycles. The number of nitrogens with zero attached hydrogens (tertiary/aromatic N) is 1. The lowest BCUT2D eigenvalue weighted by Crippen LogP contribution is -2.41. The Morgan fingerprint density at radius 3 is 2.60 bits per heavy atom. The molecule has 0 N–H and O–H groups in total. The zero-order valence-electron chi connectivity index (χ0n) is 13.6. The number of likely N-dealkylation sites (tertiary alicyclic amines) is 1. The summed E-state index contributed by atoms with van der Waals surface area (Å²) in [5.74, 6) is 2.52. The molecule has 4 fully saturated rings. The molecular weight excluding hydrogens is 261 g/mol. The van der Waals surface area contributed by atoms with Gasteiger partial charge < -0.3 is 4.90 Å². The molecule has 3 heteroatoms. The van der Waals surface area contributed by atoms with Crippen LogP contribution in [-0.4, -0.2) is 29.3 Å². The fraction of sp³-hybridized carbons (Fsp3) is 0.941. The summed E-state index contributed by atoms with van der Waals surface area (Å²) in [4.78, 5) is 3.81. The number of rotatable bonds is 2. The fourth-order valence-corrected chi connectivity index (χ4v) is 5.73. The van der Waals surface area contributed by atoms with Crippen molar-refractivity contribution in [3.8, 4) is 0 Å². The predicted octanol–water partition coefficient (Wildman–Crippen LogP) is 4.70. The van der Waals surface area contributed by atoms with E-state index in [-0.39, 0.29) is 0 Å². The molecule has 2 bridgehead atoms. The molecule has 0 spiro atoms. The summed E-state index contributed by atoms with van der Waals surface area (Å²) < 4.78 is 0. The second-order valence-corrected chi connectivity index (χ2v) is 8.54. The molecule has 1 nitrogen and oxygen atoms in total. The van der Waals surface area contributed by atoms with E-state index in [4.69, 9.17) is 12.2 Å². The third-order valence-corrected chi connectivity index (χ3v) is 6.67. The molecule has 0 aromatic carbocycles. The quantitative estimate of drug-likeness (QED) is 0.536. The first-order valence-corrected chi connectivity index (χ1v) is 9.01. The first-order chi connectivity index (χ1) is 9.43. The van der Waals surface area contributed by atoms with Gasteiger partial charge in [-0.2, -0.15) is 0 Å². The van der Waals surface area contributed by atoms with Crippen molar-refractivity contribution < 1.29 is 0 Å². The maximum atomic E-state index is 5.68. The molecule has 1 radical (unpaired) electrons. The minimum Gasteiger partial charge on any atom is -0.360 e. The zero-order chi connectivity index (χ0) is 14.5. The number of fused-ring (bicyclic) bond motifs is 2. The van der Waals surface area contributed by atoms with Crippen molar-refractivity contribution in [1.82, 2.24) is 4.90 Å². The minimum atomic E-state index is 0.576. The van der Waals surface area contributed by atoms with Crippen LogP contribution in [0.25, 0.3) is 0 Å². The van der Waals surface area contributed by atoms with E-state index in [0.717, 1.165) is 23.7 Å². The van der Waals surface area contributed by atoms with Gasteiger partial charge in [0.25, 0.3) is 0 Å². The van der Waals surface area contributed by atoms with E-state index < -0.39 is 0 Å². The molecule has 111 valence electrons. The van der Waals surface area contributed by atoms with Crippen molar-refractivity contribution in [3.05, 3.63) is 0 Å². The summed E-state index contributed by atoms with van der Waals surface area (Å²) in [5.41, 5.74) is 0. The first kappa shape index (κ1) is 14.9. The van der Waals surface area contributed by atoms with Crippen molar-refractivity contribution in [2.24, 2.45) is 11.8 Å². The monoisotopic (exact) mass is 290 g/mol. The maximum Gasteiger partial charge on any atom is 0.122 e. The molecule has 4 rings (SSSR count). The molecule has 4 aliphatic rings. The Morgan fingerprint density at radius 1 is 1.30 bits per heavy atom. The van der Waals surface area contributed by atoms with Crippen LogP contribution in [0, 0.1) is 11.8 Å². The van der Waals surface area contributed by atoms with Gasteiger partial charge in [-0.15, -0.1) is 0 Å². The number of thiocarbonyl (C=S) groups is 1. The van der Waals surface area contributed by atoms with Gasteiger partial charge in [-0.3, -0.25) is 0 Å². The second-order valence-electron chi connectivity index (χ2n) is 8.07. The van der Waals surface area contributed by atoms with Crippen LogP contribution in [-0.2, 0) is 0 Å². The highest BCUT2D eigenvalue weighted by molar-refractivity contribution is 7.80. The highest BCUT2D eigenvalue weighted by atomic mass is 32.1. The zero-order valence-corrected chi connectivity index (χ0v) is 14.4. The lowest BCUT2D eigenvalue weighted by Gasteiger charge is -2.51. The Bertz CT molecular complexity index is 386. The van der Waals surface area contributed by atoms with Crippen molar-refractivity contribution in [2.75, 3.05) is 0 Å². The molecule has 3 aliphatic heterocycles. The fourth-order valence-electron chi connectivity index (χ4n) is 5.17. The van der Waals surface area contributed by atoms with Crippen LogP contribution < -0.4 is 0 Å². The Kier molecular flexibility index (Phi) is 3.94. The highest BCUT2D eigenvalue weighted by Gasteiger charge is 2.50. The molecular formula is C17H29BNS. The molecule has 4 atom stereocenters. The summed E-state index contributed by atoms with van der Waals surface area (Å²) in [7, 11) is 2.72. The van der Waals surface area contributed by atoms with E-state index in [9.17, 15) is 0 Å². The Hall–Kier alpha value is -0.0451. The molecule has 0 amide bonds. The Balaban J connectivity index is 1.76. The number of hydrogen-bond donors (Lipinski definition) is 0. The van der Waals surface area contributed by atoms with E-state index in [1.807, 2.05) is 0 Å². The van der Waals surface area contributed by atoms with Gasteiger partial charge in [0.15, 0.2) is 0 Å². The first-order valence-electron chi connectivity index (χ1n) is 8.60. The van der Waals surface area contributed by atoms with E-state index in [0.29, 0.717) is 11.4 Å². The summed E-state index contributed by atoms with van der Waals surface area (Å²) >= 11 is 5.68. The molecule has 3 unspecified atom stereocenters. The average Bonchev–Trinajstić information content (AvgIpc) is 2.65. The molecule has 1 saturated carbocycles. The standard InChI is InChI=1S/C17H29BNS/c1-11(2)17-7-5-6-15-13(8-14(10-17)18-17)9-16(20)19(15)12(3)4/h11-15H,5-10H2,1-4H3/t13?,14?,15?,17-/m1/s1. The molecule has 20 heavy (non-hydrogen) atoms. The minimum absolute atomic E-state index is 0.576. The lowest BCUT2D eigenvalue weighted by atomic mass is 9.27. The molecule has 0 aromatic heterocycles. The summed E-state index contributed by atoms with van der Waals surface area (Å²) in [5, 5.41) is 0.576. The van der Waals surface area contributed by atoms with E-state index >= 15 is 0 Å². The van der Waals surface area contributed by atoms with Crippen LogP contribution in [0.1, 0.15) is 66.2 Å². The largest absolute Gasteiger partial charge is 0.360 e. The smallest absolute Gasteiger partial charge is 0.122 e. The van der Waals surface area contributed by atoms with Crippen LogP contribution in [0.15, 0.2) is 0 Å². The van der Waals surface area contributed by atoms with Crippen LogP contribution in [0.3, 0.4) is 0 Å². The van der Waals surface area contributed by atoms with Gasteiger partial charge in [-0.05, 0) is 32.1 Å². The van der Waals surface area contributed by atoms with Gasteiger partial charge in [0.2, 0.25) is 0 Å². The van der Waals surface area contributed by atoms with Gasteiger partial charge in [-0.25, -0.2) is 0 Å². The summed E-state index contributed by atoms with van der Waals surface area (Å²) in [6, 6.07) is 1.32. The van der Waals surface area contributed by atoms with E-state index in [1.165, 1.54) is 43.5 Å². The maximum absolute atomic E-state index is 5.68. The summed E-state index contributed by atoms with van der Waals surface area (Å²) in [6.45, 7) is 9.45. The van der Waals surface area contributed by atoms with Crippen LogP contribution in [0.4, 0.5) is 0 Å². The van der Waals surface area contributed by atoms with Gasteiger partial charge >= 0.3 is 0 Å². The highest BCUT2D eigenvalue weighted by Crippen LogP contribution is 2.61. The Morgan fingerprint density at radius 2 is 2.00 bits per heavy atom. The van der Waals surface area contributed by atoms with Crippen LogP contribution in [0.5, 0.6) is 0 Å². The van der Waals surface area contributed by atoms with Crippen molar-refractivity contribution in [1.29, 1.82) is 0 Å². The van der Waals surface area contributed by atoms with Gasteiger partial charge in [0.05, 0.1) is 4.99 Å². The SMILES string of the molecule is CC(C)N1C(=S)CC2CC3[B][C@](C(C)C)(CCCC21)C3. The van der Waals surface area contributed by atoms with Crippen molar-refractivity contribution in [3.63, 3.8) is 0 Å². The van der Waals surface area contributed by atoms with Crippen molar-refractivity contribution in [2.45, 2.75) is 89.4 Å². The summed E-state index contributed by atoms with van der Waals surface area (Å²) in [6.07, 6.45) is 8.16. The normalized spacial score (nSPS) is 40.8.